The summed E-state index contributed by atoms with van der Waals surface area (Å²) in [4.78, 5) is 28.9. The molecular formula is C23H29N3O4. The predicted octanol–water partition coefficient (Wildman–Crippen LogP) is 2.91. The highest BCUT2D eigenvalue weighted by atomic mass is 16.3. The zero-order valence-electron chi connectivity index (χ0n) is 17.6. The molecule has 7 nitrogen and oxygen atoms in total. The average Bonchev–Trinajstić information content (AvgIpc) is 3.05. The fraction of sp³-hybridized carbons (Fsp3) is 0.435. The van der Waals surface area contributed by atoms with E-state index in [1.807, 2.05) is 32.9 Å². The van der Waals surface area contributed by atoms with E-state index in [9.17, 15) is 19.8 Å². The van der Waals surface area contributed by atoms with Gasteiger partial charge >= 0.3 is 0 Å². The molecule has 1 aliphatic rings. The number of aromatic nitrogens is 1. The number of aliphatic hydroxyl groups excluding tert-OH is 1. The quantitative estimate of drug-likeness (QED) is 0.604. The van der Waals surface area contributed by atoms with E-state index in [1.165, 1.54) is 12.3 Å². The molecule has 2 atom stereocenters. The lowest BCUT2D eigenvalue weighted by molar-refractivity contribution is -0.115. The standard InChI is InChI=1S/C23H29N3O4/c1-23(2,3)16-8-7-14(11-20(16)28)12-21(29)25-15-9-10-24-18(13-15)22(30)26-17-5-4-6-19(17)27/h7-11,13,17,19,27-28H,4-6,12H2,1-3H3,(H,26,30)(H,24,25,29)/t17?,19-/m0/s1. The molecule has 4 N–H and O–H groups in total. The van der Waals surface area contributed by atoms with Crippen LogP contribution in [0.1, 0.15) is 61.6 Å². The highest BCUT2D eigenvalue weighted by Crippen LogP contribution is 2.31. The third kappa shape index (κ3) is 5.36. The maximum absolute atomic E-state index is 12.4. The third-order valence-corrected chi connectivity index (χ3v) is 5.31. The Morgan fingerprint density at radius 3 is 2.57 bits per heavy atom. The topological polar surface area (TPSA) is 112 Å². The Bertz CT molecular complexity index is 936. The van der Waals surface area contributed by atoms with Gasteiger partial charge in [0.25, 0.3) is 5.91 Å². The van der Waals surface area contributed by atoms with E-state index in [1.54, 1.807) is 12.1 Å². The second kappa shape index (κ2) is 8.83. The number of carbonyl (C=O) groups excluding carboxylic acids is 2. The molecule has 1 fully saturated rings. The molecule has 1 aliphatic carbocycles. The molecule has 30 heavy (non-hydrogen) atoms. The summed E-state index contributed by atoms with van der Waals surface area (Å²) in [5, 5.41) is 25.7. The van der Waals surface area contributed by atoms with Gasteiger partial charge < -0.3 is 20.8 Å². The van der Waals surface area contributed by atoms with Crippen LogP contribution in [0.2, 0.25) is 0 Å². The summed E-state index contributed by atoms with van der Waals surface area (Å²) < 4.78 is 0. The van der Waals surface area contributed by atoms with Crippen LogP contribution in [0.15, 0.2) is 36.5 Å². The Labute approximate surface area is 176 Å². The van der Waals surface area contributed by atoms with Gasteiger partial charge in [-0.2, -0.15) is 0 Å². The molecule has 1 saturated carbocycles. The van der Waals surface area contributed by atoms with E-state index in [-0.39, 0.29) is 41.1 Å². The third-order valence-electron chi connectivity index (χ3n) is 5.31. The molecule has 2 aromatic rings. The van der Waals surface area contributed by atoms with Crippen LogP contribution < -0.4 is 10.6 Å². The number of amides is 2. The molecule has 0 aliphatic heterocycles. The van der Waals surface area contributed by atoms with Gasteiger partial charge in [-0.3, -0.25) is 14.6 Å². The number of nitrogens with zero attached hydrogens (tertiary/aromatic N) is 1. The van der Waals surface area contributed by atoms with E-state index >= 15 is 0 Å². The second-order valence-corrected chi connectivity index (χ2v) is 8.83. The van der Waals surface area contributed by atoms with Crippen LogP contribution in [0.4, 0.5) is 5.69 Å². The summed E-state index contributed by atoms with van der Waals surface area (Å²) in [5.41, 5.74) is 1.97. The first-order chi connectivity index (χ1) is 14.1. The van der Waals surface area contributed by atoms with Crippen LogP contribution in [0, 0.1) is 0 Å². The van der Waals surface area contributed by atoms with Crippen molar-refractivity contribution in [2.75, 3.05) is 5.32 Å². The monoisotopic (exact) mass is 411 g/mol. The first kappa shape index (κ1) is 21.8. The van der Waals surface area contributed by atoms with Crippen LogP contribution in [0.25, 0.3) is 0 Å². The fourth-order valence-corrected chi connectivity index (χ4v) is 3.70. The van der Waals surface area contributed by atoms with Crippen molar-refractivity contribution in [3.63, 3.8) is 0 Å². The van der Waals surface area contributed by atoms with Gasteiger partial charge in [0.1, 0.15) is 11.4 Å². The number of aromatic hydroxyl groups is 1. The summed E-state index contributed by atoms with van der Waals surface area (Å²) in [6.07, 6.45) is 3.32. The van der Waals surface area contributed by atoms with E-state index in [0.717, 1.165) is 18.4 Å². The molecule has 0 bridgehead atoms. The molecule has 7 heteroatoms. The Morgan fingerprint density at radius 1 is 1.17 bits per heavy atom. The highest BCUT2D eigenvalue weighted by molar-refractivity contribution is 5.96. The molecule has 2 amide bonds. The number of benzene rings is 1. The minimum absolute atomic E-state index is 0.0934. The number of aliphatic hydroxyl groups is 1. The van der Waals surface area contributed by atoms with Crippen molar-refractivity contribution in [1.29, 1.82) is 0 Å². The molecule has 0 saturated heterocycles. The summed E-state index contributed by atoms with van der Waals surface area (Å²) >= 11 is 0. The van der Waals surface area contributed by atoms with Gasteiger partial charge in [0, 0.05) is 11.9 Å². The Kier molecular flexibility index (Phi) is 6.41. The van der Waals surface area contributed by atoms with Crippen molar-refractivity contribution in [2.24, 2.45) is 0 Å². The van der Waals surface area contributed by atoms with Gasteiger partial charge in [0.15, 0.2) is 0 Å². The molecular weight excluding hydrogens is 382 g/mol. The molecule has 1 heterocycles. The lowest BCUT2D eigenvalue weighted by Crippen LogP contribution is -2.40. The second-order valence-electron chi connectivity index (χ2n) is 8.83. The molecule has 160 valence electrons. The SMILES string of the molecule is CC(C)(C)c1ccc(CC(=O)Nc2ccnc(C(=O)NC3CCC[C@@H]3O)c2)cc1O. The number of hydrogen-bond donors (Lipinski definition) is 4. The van der Waals surface area contributed by atoms with Crippen molar-refractivity contribution in [2.45, 2.75) is 64.0 Å². The number of anilines is 1. The molecule has 0 spiro atoms. The lowest BCUT2D eigenvalue weighted by atomic mass is 9.85. The average molecular weight is 412 g/mol. The molecule has 1 unspecified atom stereocenters. The van der Waals surface area contributed by atoms with Gasteiger partial charge in [-0.1, -0.05) is 32.9 Å². The minimum Gasteiger partial charge on any atom is -0.508 e. The molecule has 1 aromatic carbocycles. The van der Waals surface area contributed by atoms with Gasteiger partial charge in [-0.25, -0.2) is 0 Å². The van der Waals surface area contributed by atoms with Crippen LogP contribution in [-0.4, -0.2) is 39.2 Å². The first-order valence-electron chi connectivity index (χ1n) is 10.2. The van der Waals surface area contributed by atoms with E-state index in [2.05, 4.69) is 15.6 Å². The number of pyridine rings is 1. The first-order valence-corrected chi connectivity index (χ1v) is 10.2. The van der Waals surface area contributed by atoms with Crippen LogP contribution >= 0.6 is 0 Å². The predicted molar refractivity (Wildman–Crippen MR) is 114 cm³/mol. The van der Waals surface area contributed by atoms with Gasteiger partial charge in [-0.05, 0) is 54.0 Å². The lowest BCUT2D eigenvalue weighted by Gasteiger charge is -2.20. The van der Waals surface area contributed by atoms with Crippen LogP contribution in [0.3, 0.4) is 0 Å². The van der Waals surface area contributed by atoms with Gasteiger partial charge in [0.2, 0.25) is 5.91 Å². The summed E-state index contributed by atoms with van der Waals surface area (Å²) in [6.45, 7) is 6.04. The van der Waals surface area contributed by atoms with E-state index in [4.69, 9.17) is 0 Å². The van der Waals surface area contributed by atoms with Gasteiger partial charge in [-0.15, -0.1) is 0 Å². The van der Waals surface area contributed by atoms with Crippen molar-refractivity contribution < 1.29 is 19.8 Å². The smallest absolute Gasteiger partial charge is 0.270 e. The number of rotatable bonds is 5. The Hall–Kier alpha value is -2.93. The zero-order chi connectivity index (χ0) is 21.9. The summed E-state index contributed by atoms with van der Waals surface area (Å²) in [6, 6.07) is 8.14. The van der Waals surface area contributed by atoms with Crippen molar-refractivity contribution in [3.05, 3.63) is 53.3 Å². The maximum Gasteiger partial charge on any atom is 0.270 e. The number of phenolic OH excluding ortho intramolecular Hbond substituents is 1. The number of carbonyl (C=O) groups is 2. The largest absolute Gasteiger partial charge is 0.508 e. The minimum atomic E-state index is -0.530. The van der Waals surface area contributed by atoms with Crippen molar-refractivity contribution in [3.8, 4) is 5.75 Å². The van der Waals surface area contributed by atoms with Gasteiger partial charge in [0.05, 0.1) is 18.6 Å². The van der Waals surface area contributed by atoms with E-state index < -0.39 is 6.10 Å². The molecule has 0 radical (unpaired) electrons. The maximum atomic E-state index is 12.4. The Morgan fingerprint density at radius 2 is 1.93 bits per heavy atom. The fourth-order valence-electron chi connectivity index (χ4n) is 3.70. The van der Waals surface area contributed by atoms with Crippen LogP contribution in [0.5, 0.6) is 5.75 Å². The molecule has 1 aromatic heterocycles. The summed E-state index contributed by atoms with van der Waals surface area (Å²) in [7, 11) is 0. The number of hydrogen-bond acceptors (Lipinski definition) is 5. The van der Waals surface area contributed by atoms with Crippen molar-refractivity contribution >= 4 is 17.5 Å². The normalized spacial score (nSPS) is 18.8. The highest BCUT2D eigenvalue weighted by Gasteiger charge is 2.27. The number of nitrogens with one attached hydrogen (secondary N) is 2. The summed E-state index contributed by atoms with van der Waals surface area (Å²) in [5.74, 6) is -0.466. The molecule has 3 rings (SSSR count). The van der Waals surface area contributed by atoms with E-state index in [0.29, 0.717) is 17.7 Å². The Balaban J connectivity index is 1.62. The zero-order valence-corrected chi connectivity index (χ0v) is 17.6. The van der Waals surface area contributed by atoms with Crippen molar-refractivity contribution in [1.82, 2.24) is 10.3 Å². The van der Waals surface area contributed by atoms with Crippen LogP contribution in [-0.2, 0) is 16.6 Å². The number of phenols is 1.